The summed E-state index contributed by atoms with van der Waals surface area (Å²) >= 11 is 9.35. The van der Waals surface area contributed by atoms with E-state index < -0.39 is 84.9 Å². The van der Waals surface area contributed by atoms with Crippen molar-refractivity contribution in [3.05, 3.63) is 0 Å². The number of alkyl halides is 14. The van der Waals surface area contributed by atoms with Gasteiger partial charge in [-0.15, -0.1) is 0 Å². The van der Waals surface area contributed by atoms with Gasteiger partial charge in [-0.1, -0.05) is 23.2 Å². The van der Waals surface area contributed by atoms with Crippen molar-refractivity contribution in [3.8, 4) is 0 Å². The van der Waals surface area contributed by atoms with E-state index in [9.17, 15) is 62.3 Å². The molecule has 2 unspecified atom stereocenters. The average Bonchev–Trinajstić information content (AvgIpc) is 2.55. The Morgan fingerprint density at radius 1 is 0.531 bits per heavy atom. The Hall–Kier alpha value is -1.32. The molecule has 0 aromatic carbocycles. The molecule has 0 aromatic heterocycles. The van der Waals surface area contributed by atoms with Crippen molar-refractivity contribution in [2.45, 2.75) is 73.0 Å². The van der Waals surface area contributed by atoms with E-state index in [1.807, 2.05) is 0 Å². The Bertz CT molecular complexity index is 605. The zero-order valence-electron chi connectivity index (χ0n) is 15.2. The first-order chi connectivity index (χ1) is 14.0. The van der Waals surface area contributed by atoms with Crippen LogP contribution >= 0.6 is 23.2 Å². The number of carbonyl (C=O) groups is 2. The average molecular weight is 543 g/mol. The summed E-state index contributed by atoms with van der Waals surface area (Å²) in [5, 5.41) is -9.09. The van der Waals surface area contributed by atoms with Crippen molar-refractivity contribution >= 4 is 35.1 Å². The summed E-state index contributed by atoms with van der Waals surface area (Å²) in [6.45, 7) is 0. The second-order valence-corrected chi connectivity index (χ2v) is 7.43. The molecule has 4 nitrogen and oxygen atoms in total. The van der Waals surface area contributed by atoms with E-state index in [1.165, 1.54) is 0 Å². The highest BCUT2D eigenvalue weighted by Crippen LogP contribution is 2.44. The number of hydrogen-bond donors (Lipinski definition) is 0. The molecule has 0 amide bonds. The van der Waals surface area contributed by atoms with Gasteiger partial charge in [0, 0.05) is 25.7 Å². The minimum Gasteiger partial charge on any atom is -0.240 e. The third-order valence-electron chi connectivity index (χ3n) is 3.53. The Kier molecular flexibility index (Phi) is 9.88. The maximum atomic E-state index is 13.8. The van der Waals surface area contributed by atoms with Crippen molar-refractivity contribution in [1.82, 2.24) is 0 Å². The summed E-state index contributed by atoms with van der Waals surface area (Å²) in [6.07, 6.45) is -19.7. The van der Waals surface area contributed by atoms with Crippen LogP contribution in [0.2, 0.25) is 0 Å². The topological polar surface area (TPSA) is 52.6 Å². The number of hydrogen-bond acceptors (Lipinski definition) is 4. The standard InChI is InChI=1S/C14H12Cl2F12O4/c15-9(17,3-1-5-11(19,20)21)13(25,26)7(29)31-32-8(30)14(27,28)10(16,18)4-2-6-12(22,23)24/h1-6H2. The van der Waals surface area contributed by atoms with E-state index in [4.69, 9.17) is 0 Å². The molecule has 0 N–H and O–H groups in total. The minimum absolute atomic E-state index is 1.35. The fraction of sp³-hybridized carbons (Fsp3) is 0.857. The van der Waals surface area contributed by atoms with Crippen LogP contribution in [0, 0.1) is 0 Å². The van der Waals surface area contributed by atoms with Crippen LogP contribution in [0.15, 0.2) is 0 Å². The van der Waals surface area contributed by atoms with E-state index >= 15 is 0 Å². The van der Waals surface area contributed by atoms with Gasteiger partial charge in [0.25, 0.3) is 10.3 Å². The van der Waals surface area contributed by atoms with Gasteiger partial charge in [0.15, 0.2) is 0 Å². The molecule has 0 radical (unpaired) electrons. The van der Waals surface area contributed by atoms with E-state index in [-0.39, 0.29) is 0 Å². The lowest BCUT2D eigenvalue weighted by Gasteiger charge is -2.27. The zero-order chi connectivity index (χ0) is 25.8. The van der Waals surface area contributed by atoms with Gasteiger partial charge in [0.2, 0.25) is 0 Å². The molecule has 0 spiro atoms. The molecule has 0 bridgehead atoms. The Balaban J connectivity index is 5.04. The van der Waals surface area contributed by atoms with Crippen LogP contribution in [0.5, 0.6) is 0 Å². The van der Waals surface area contributed by atoms with Gasteiger partial charge < -0.3 is 0 Å². The molecule has 18 heteroatoms. The first kappa shape index (κ1) is 30.7. The van der Waals surface area contributed by atoms with Crippen LogP contribution in [0.4, 0.5) is 52.7 Å². The SMILES string of the molecule is O=C(OOC(=O)C(F)(F)C(F)(Cl)CCCC(F)(F)F)C(F)(F)C(F)(Cl)CCCC(F)(F)F. The van der Waals surface area contributed by atoms with Crippen LogP contribution in [0.25, 0.3) is 0 Å². The molecular formula is C14H12Cl2F12O4. The molecule has 0 aliphatic carbocycles. The number of halogens is 14. The molecule has 0 fully saturated rings. The van der Waals surface area contributed by atoms with Crippen LogP contribution in [0.3, 0.4) is 0 Å². The lowest BCUT2D eigenvalue weighted by Crippen LogP contribution is -2.50. The highest BCUT2D eigenvalue weighted by Gasteiger charge is 2.64. The molecule has 190 valence electrons. The van der Waals surface area contributed by atoms with Gasteiger partial charge in [-0.2, -0.15) is 43.9 Å². The fourth-order valence-electron chi connectivity index (χ4n) is 1.81. The molecule has 32 heavy (non-hydrogen) atoms. The van der Waals surface area contributed by atoms with Gasteiger partial charge in [-0.05, 0) is 12.8 Å². The first-order valence-corrected chi connectivity index (χ1v) is 8.80. The minimum atomic E-state index is -5.55. The molecule has 0 heterocycles. The summed E-state index contributed by atoms with van der Waals surface area (Å²) < 4.78 is 154. The Morgan fingerprint density at radius 3 is 1.00 bits per heavy atom. The fourth-order valence-corrected chi connectivity index (χ4v) is 2.24. The highest BCUT2D eigenvalue weighted by atomic mass is 35.5. The highest BCUT2D eigenvalue weighted by molar-refractivity contribution is 6.25. The second-order valence-electron chi connectivity index (χ2n) is 6.24. The van der Waals surface area contributed by atoms with Gasteiger partial charge in [-0.3, -0.25) is 0 Å². The number of carbonyl (C=O) groups excluding carboxylic acids is 2. The summed E-state index contributed by atoms with van der Waals surface area (Å²) in [5.41, 5.74) is 0. The van der Waals surface area contributed by atoms with Crippen LogP contribution in [-0.4, -0.2) is 46.4 Å². The van der Waals surface area contributed by atoms with Crippen molar-refractivity contribution in [2.75, 3.05) is 0 Å². The molecule has 0 saturated heterocycles. The predicted molar refractivity (Wildman–Crippen MR) is 81.3 cm³/mol. The van der Waals surface area contributed by atoms with Crippen molar-refractivity contribution < 1.29 is 72.0 Å². The quantitative estimate of drug-likeness (QED) is 0.136. The third-order valence-corrected chi connectivity index (χ3v) is 4.38. The van der Waals surface area contributed by atoms with Crippen LogP contribution < -0.4 is 0 Å². The predicted octanol–water partition coefficient (Wildman–Crippen LogP) is 6.53. The zero-order valence-corrected chi connectivity index (χ0v) is 16.7. The molecule has 0 rings (SSSR count). The largest absolute Gasteiger partial charge is 0.429 e. The number of rotatable bonds is 10. The van der Waals surface area contributed by atoms with Crippen molar-refractivity contribution in [2.24, 2.45) is 0 Å². The molecule has 0 aromatic rings. The van der Waals surface area contributed by atoms with E-state index in [1.54, 1.807) is 0 Å². The molecule has 2 atom stereocenters. The first-order valence-electron chi connectivity index (χ1n) is 8.04. The van der Waals surface area contributed by atoms with E-state index in [2.05, 4.69) is 33.0 Å². The van der Waals surface area contributed by atoms with E-state index in [0.29, 0.717) is 0 Å². The molecule has 0 aliphatic rings. The normalized spacial score (nSPS) is 17.3. The lowest BCUT2D eigenvalue weighted by molar-refractivity contribution is -0.295. The van der Waals surface area contributed by atoms with E-state index in [0.717, 1.165) is 0 Å². The molecular weight excluding hydrogens is 531 g/mol. The summed E-state index contributed by atoms with van der Waals surface area (Å²) in [4.78, 5) is 28.2. The molecule has 0 aliphatic heterocycles. The van der Waals surface area contributed by atoms with Gasteiger partial charge in [-0.25, -0.2) is 28.1 Å². The smallest absolute Gasteiger partial charge is 0.240 e. The van der Waals surface area contributed by atoms with Gasteiger partial charge in [0.1, 0.15) is 0 Å². The van der Waals surface area contributed by atoms with Gasteiger partial charge in [0.05, 0.1) is 0 Å². The summed E-state index contributed by atoms with van der Waals surface area (Å²) in [6, 6.07) is 0. The van der Waals surface area contributed by atoms with Crippen molar-refractivity contribution in [1.29, 1.82) is 0 Å². The lowest BCUT2D eigenvalue weighted by atomic mass is 10.1. The van der Waals surface area contributed by atoms with Crippen LogP contribution in [0.1, 0.15) is 38.5 Å². The maximum Gasteiger partial charge on any atom is 0.429 e. The second kappa shape index (κ2) is 10.3. The Morgan fingerprint density at radius 2 is 0.781 bits per heavy atom. The van der Waals surface area contributed by atoms with Gasteiger partial charge >= 0.3 is 36.1 Å². The third kappa shape index (κ3) is 8.90. The molecule has 0 saturated carbocycles. The summed E-state index contributed by atoms with van der Waals surface area (Å²) in [7, 11) is 0. The van der Waals surface area contributed by atoms with Crippen molar-refractivity contribution in [3.63, 3.8) is 0 Å². The maximum absolute atomic E-state index is 13.8. The summed E-state index contributed by atoms with van der Waals surface area (Å²) in [5.74, 6) is -17.6. The monoisotopic (exact) mass is 542 g/mol. The van der Waals surface area contributed by atoms with Crippen LogP contribution in [-0.2, 0) is 19.4 Å². The Labute approximate surface area is 181 Å².